The molecule has 0 aliphatic carbocycles. The van der Waals surface area contributed by atoms with Crippen LogP contribution >= 0.6 is 11.3 Å². The highest BCUT2D eigenvalue weighted by Gasteiger charge is 2.20. The van der Waals surface area contributed by atoms with Gasteiger partial charge < -0.3 is 20.1 Å². The van der Waals surface area contributed by atoms with Crippen molar-refractivity contribution in [2.45, 2.75) is 0 Å². The number of hydrogen-bond donors (Lipinski definition) is 2. The van der Waals surface area contributed by atoms with Gasteiger partial charge in [0.05, 0.1) is 36.4 Å². The van der Waals surface area contributed by atoms with Crippen LogP contribution in [0, 0.1) is 0 Å². The number of rotatable bonds is 7. The van der Waals surface area contributed by atoms with E-state index in [0.717, 1.165) is 14.9 Å². The van der Waals surface area contributed by atoms with E-state index < -0.39 is 17.4 Å². The number of aromatic nitrogens is 3. The van der Waals surface area contributed by atoms with E-state index in [1.165, 1.54) is 18.4 Å². The summed E-state index contributed by atoms with van der Waals surface area (Å²) in [7, 11) is 3.06. The van der Waals surface area contributed by atoms with E-state index in [1.54, 1.807) is 67.8 Å². The number of nitrogens with zero attached hydrogens (tertiary/aromatic N) is 3. The number of methoxy groups -OCH3 is 2. The molecule has 3 aromatic carbocycles. The van der Waals surface area contributed by atoms with Gasteiger partial charge in [-0.1, -0.05) is 41.7 Å². The van der Waals surface area contributed by atoms with Crippen LogP contribution in [0.5, 0.6) is 11.5 Å². The van der Waals surface area contributed by atoms with Crippen molar-refractivity contribution in [2.24, 2.45) is 0 Å². The van der Waals surface area contributed by atoms with Crippen molar-refractivity contribution in [3.8, 4) is 17.2 Å². The molecule has 0 aliphatic heterocycles. The van der Waals surface area contributed by atoms with Gasteiger partial charge in [0.15, 0.2) is 10.8 Å². The molecule has 0 aliphatic rings. The lowest BCUT2D eigenvalue weighted by atomic mass is 10.1. The van der Waals surface area contributed by atoms with E-state index >= 15 is 0 Å². The fourth-order valence-electron chi connectivity index (χ4n) is 3.82. The minimum absolute atomic E-state index is 0.000915. The van der Waals surface area contributed by atoms with E-state index in [1.807, 2.05) is 6.07 Å². The Morgan fingerprint density at radius 1 is 0.973 bits per heavy atom. The van der Waals surface area contributed by atoms with Gasteiger partial charge in [-0.2, -0.15) is 9.78 Å². The quantitative estimate of drug-likeness (QED) is 0.340. The van der Waals surface area contributed by atoms with Crippen LogP contribution in [0.15, 0.2) is 71.5 Å². The van der Waals surface area contributed by atoms with E-state index in [0.29, 0.717) is 33.1 Å². The first kappa shape index (κ1) is 23.9. The van der Waals surface area contributed by atoms with E-state index in [2.05, 4.69) is 20.7 Å². The number of benzene rings is 3. The third-order valence-electron chi connectivity index (χ3n) is 5.58. The van der Waals surface area contributed by atoms with E-state index in [-0.39, 0.29) is 12.2 Å². The average Bonchev–Trinajstić information content (AvgIpc) is 3.33. The van der Waals surface area contributed by atoms with Crippen molar-refractivity contribution in [3.05, 3.63) is 82.8 Å². The molecule has 5 aromatic rings. The number of anilines is 1. The number of fused-ring (bicyclic) bond motifs is 2. The summed E-state index contributed by atoms with van der Waals surface area (Å²) in [6.07, 6.45) is 0. The van der Waals surface area contributed by atoms with Crippen LogP contribution < -0.4 is 25.7 Å². The molecule has 0 saturated carbocycles. The smallest absolute Gasteiger partial charge is 0.279 e. The monoisotopic (exact) mass is 515 g/mol. The van der Waals surface area contributed by atoms with E-state index in [9.17, 15) is 14.4 Å². The third-order valence-corrected chi connectivity index (χ3v) is 6.52. The van der Waals surface area contributed by atoms with Gasteiger partial charge in [0.2, 0.25) is 5.91 Å². The van der Waals surface area contributed by atoms with Gasteiger partial charge in [-0.05, 0) is 36.4 Å². The summed E-state index contributed by atoms with van der Waals surface area (Å²) in [6, 6.07) is 19.0. The summed E-state index contributed by atoms with van der Waals surface area (Å²) in [5.41, 5.74) is 0.710. The summed E-state index contributed by atoms with van der Waals surface area (Å²) in [5.74, 6) is 0.0489. The zero-order valence-corrected chi connectivity index (χ0v) is 20.7. The summed E-state index contributed by atoms with van der Waals surface area (Å²) in [4.78, 5) is 43.3. The first-order valence-electron chi connectivity index (χ1n) is 11.2. The molecule has 186 valence electrons. The molecule has 2 aromatic heterocycles. The molecule has 2 N–H and O–H groups in total. The summed E-state index contributed by atoms with van der Waals surface area (Å²) in [6.45, 7) is -0.318. The Bertz CT molecular complexity index is 1710. The minimum atomic E-state index is -0.607. The maximum atomic E-state index is 13.2. The highest BCUT2D eigenvalue weighted by Crippen LogP contribution is 2.29. The van der Waals surface area contributed by atoms with Gasteiger partial charge in [-0.15, -0.1) is 0 Å². The zero-order chi connectivity index (χ0) is 25.9. The number of hydrogen-bond acceptors (Lipinski definition) is 8. The molecule has 0 atom stereocenters. The van der Waals surface area contributed by atoms with Gasteiger partial charge in [-0.25, -0.2) is 4.98 Å². The van der Waals surface area contributed by atoms with Gasteiger partial charge in [-0.3, -0.25) is 14.4 Å². The Hall–Kier alpha value is -4.77. The van der Waals surface area contributed by atoms with Crippen LogP contribution in [0.4, 0.5) is 5.13 Å². The van der Waals surface area contributed by atoms with Crippen LogP contribution in [-0.4, -0.2) is 47.3 Å². The second-order valence-electron chi connectivity index (χ2n) is 7.87. The Kier molecular flexibility index (Phi) is 6.52. The Balaban J connectivity index is 1.39. The molecule has 10 nitrogen and oxygen atoms in total. The zero-order valence-electron chi connectivity index (χ0n) is 19.8. The standard InChI is InChI=1S/C26H21N5O5S/c1-35-15-11-12-18-21(13-15)37-26(28-18)29-22(32)14-27-24(33)23-16-7-3-4-8-17(16)25(34)31(30-23)19-9-5-6-10-20(19)36-2/h3-13H,14H2,1-2H3,(H,27,33)(H,28,29,32). The minimum Gasteiger partial charge on any atom is -0.497 e. The number of amides is 2. The molecule has 0 bridgehead atoms. The van der Waals surface area contributed by atoms with Crippen LogP contribution in [0.1, 0.15) is 10.5 Å². The fraction of sp³-hybridized carbons (Fsp3) is 0.115. The molecule has 0 spiro atoms. The Labute approximate surface area is 214 Å². The molecule has 0 radical (unpaired) electrons. The van der Waals surface area contributed by atoms with Crippen molar-refractivity contribution in [3.63, 3.8) is 0 Å². The van der Waals surface area contributed by atoms with Crippen molar-refractivity contribution in [1.82, 2.24) is 20.1 Å². The van der Waals surface area contributed by atoms with E-state index in [4.69, 9.17) is 9.47 Å². The molecule has 2 heterocycles. The highest BCUT2D eigenvalue weighted by atomic mass is 32.1. The molecule has 5 rings (SSSR count). The maximum Gasteiger partial charge on any atom is 0.279 e. The largest absolute Gasteiger partial charge is 0.497 e. The number of carbonyl (C=O) groups excluding carboxylic acids is 2. The Morgan fingerprint density at radius 2 is 1.73 bits per heavy atom. The van der Waals surface area contributed by atoms with Crippen molar-refractivity contribution in [1.29, 1.82) is 0 Å². The van der Waals surface area contributed by atoms with Gasteiger partial charge >= 0.3 is 0 Å². The second kappa shape index (κ2) is 10.1. The molecular formula is C26H21N5O5S. The van der Waals surface area contributed by atoms with Gasteiger partial charge in [0.1, 0.15) is 17.2 Å². The average molecular weight is 516 g/mol. The lowest BCUT2D eigenvalue weighted by Gasteiger charge is -2.13. The van der Waals surface area contributed by atoms with Gasteiger partial charge in [0, 0.05) is 5.39 Å². The summed E-state index contributed by atoms with van der Waals surface area (Å²) in [5, 5.41) is 10.7. The lowest BCUT2D eigenvalue weighted by Crippen LogP contribution is -2.35. The second-order valence-corrected chi connectivity index (χ2v) is 8.90. The number of para-hydroxylation sites is 2. The first-order valence-corrected chi connectivity index (χ1v) is 12.0. The molecule has 11 heteroatoms. The molecular weight excluding hydrogens is 494 g/mol. The molecule has 0 fully saturated rings. The molecule has 2 amide bonds. The van der Waals surface area contributed by atoms with Crippen LogP contribution in [0.3, 0.4) is 0 Å². The SMILES string of the molecule is COc1ccc2nc(NC(=O)CNC(=O)c3nn(-c4ccccc4OC)c(=O)c4ccccc34)sc2c1. The lowest BCUT2D eigenvalue weighted by molar-refractivity contribution is -0.115. The number of carbonyl (C=O) groups is 2. The summed E-state index contributed by atoms with van der Waals surface area (Å²) >= 11 is 1.29. The number of thiazole rings is 1. The van der Waals surface area contributed by atoms with Crippen molar-refractivity contribution in [2.75, 3.05) is 26.1 Å². The van der Waals surface area contributed by atoms with Crippen LogP contribution in [-0.2, 0) is 4.79 Å². The highest BCUT2D eigenvalue weighted by molar-refractivity contribution is 7.22. The normalized spacial score (nSPS) is 10.9. The molecule has 0 unspecified atom stereocenters. The maximum absolute atomic E-state index is 13.2. The number of nitrogens with one attached hydrogen (secondary N) is 2. The summed E-state index contributed by atoms with van der Waals surface area (Å²) < 4.78 is 12.6. The number of ether oxygens (including phenoxy) is 2. The predicted molar refractivity (Wildman–Crippen MR) is 141 cm³/mol. The fourth-order valence-corrected chi connectivity index (χ4v) is 4.73. The van der Waals surface area contributed by atoms with Crippen molar-refractivity contribution < 1.29 is 19.1 Å². The molecule has 0 saturated heterocycles. The predicted octanol–water partition coefficient (Wildman–Crippen LogP) is 3.38. The molecule has 37 heavy (non-hydrogen) atoms. The third kappa shape index (κ3) is 4.71. The first-order chi connectivity index (χ1) is 18.0. The van der Waals surface area contributed by atoms with Crippen LogP contribution in [0.2, 0.25) is 0 Å². The van der Waals surface area contributed by atoms with Crippen LogP contribution in [0.25, 0.3) is 26.7 Å². The Morgan fingerprint density at radius 3 is 2.51 bits per heavy atom. The topological polar surface area (TPSA) is 124 Å². The van der Waals surface area contributed by atoms with Gasteiger partial charge in [0.25, 0.3) is 11.5 Å². The van der Waals surface area contributed by atoms with Crippen molar-refractivity contribution >= 4 is 49.3 Å².